The van der Waals surface area contributed by atoms with Crippen molar-refractivity contribution in [1.29, 1.82) is 0 Å². The lowest BCUT2D eigenvalue weighted by atomic mass is 10.2. The Morgan fingerprint density at radius 1 is 1.13 bits per heavy atom. The first-order valence-electron chi connectivity index (χ1n) is 4.81. The first-order chi connectivity index (χ1) is 7.11. The van der Waals surface area contributed by atoms with E-state index in [0.717, 1.165) is 11.3 Å². The molecule has 3 heteroatoms. The van der Waals surface area contributed by atoms with Crippen LogP contribution in [-0.4, -0.2) is 11.7 Å². The van der Waals surface area contributed by atoms with Crippen LogP contribution in [0.1, 0.15) is 19.4 Å². The van der Waals surface area contributed by atoms with Crippen molar-refractivity contribution in [2.24, 2.45) is 0 Å². The maximum atomic E-state index is 11.5. The number of carbonyl (C=O) groups excluding carboxylic acids is 2. The Balaban J connectivity index is 2.56. The quantitative estimate of drug-likeness (QED) is 0.727. The molecule has 1 unspecified atom stereocenters. The second-order valence-corrected chi connectivity index (χ2v) is 3.63. The van der Waals surface area contributed by atoms with E-state index < -0.39 is 0 Å². The normalized spacial score (nSPS) is 18.3. The van der Waals surface area contributed by atoms with Gasteiger partial charge in [0.05, 0.1) is 6.92 Å². The largest absolute Gasteiger partial charge is 0.319 e. The van der Waals surface area contributed by atoms with Crippen LogP contribution in [0.5, 0.6) is 0 Å². The second-order valence-electron chi connectivity index (χ2n) is 3.63. The Morgan fingerprint density at radius 2 is 1.80 bits per heavy atom. The van der Waals surface area contributed by atoms with Crippen molar-refractivity contribution >= 4 is 23.5 Å². The van der Waals surface area contributed by atoms with Crippen molar-refractivity contribution in [1.82, 2.24) is 0 Å². The van der Waals surface area contributed by atoms with Gasteiger partial charge in [-0.25, -0.2) is 9.69 Å². The van der Waals surface area contributed by atoms with Crippen LogP contribution in [0.25, 0.3) is 6.08 Å². The Labute approximate surface area is 88.0 Å². The lowest BCUT2D eigenvalue weighted by Gasteiger charge is -2.10. The number of amides is 1. The number of fused-ring (bicyclic) bond motifs is 1. The number of allylic oxidation sites excluding steroid dienone is 1. The van der Waals surface area contributed by atoms with Gasteiger partial charge in [0, 0.05) is 24.6 Å². The highest BCUT2D eigenvalue weighted by Gasteiger charge is 2.33. The Bertz CT molecular complexity index is 474. The van der Waals surface area contributed by atoms with E-state index in [4.69, 9.17) is 0 Å². The standard InChI is InChI=1S/C12H11NO2/c1-8(14)12-7-10-5-3-4-6-11(10)13(12)9(2)15/h3-7H,1-2H3/p+1. The highest BCUT2D eigenvalue weighted by atomic mass is 16.2. The molecule has 0 saturated carbocycles. The van der Waals surface area contributed by atoms with Gasteiger partial charge < -0.3 is 0 Å². The summed E-state index contributed by atoms with van der Waals surface area (Å²) in [6.45, 7) is 2.98. The van der Waals surface area contributed by atoms with Gasteiger partial charge in [-0.15, -0.1) is 0 Å². The summed E-state index contributed by atoms with van der Waals surface area (Å²) in [5.41, 5.74) is 2.35. The lowest BCUT2D eigenvalue weighted by molar-refractivity contribution is -0.694. The third-order valence-electron chi connectivity index (χ3n) is 2.53. The molecular formula is C12H12NO2+. The molecule has 1 aliphatic heterocycles. The Kier molecular flexibility index (Phi) is 2.25. The van der Waals surface area contributed by atoms with Crippen molar-refractivity contribution in [2.75, 3.05) is 0 Å². The fourth-order valence-electron chi connectivity index (χ4n) is 1.88. The number of quaternary nitrogens is 1. The highest BCUT2D eigenvalue weighted by molar-refractivity contribution is 5.99. The fourth-order valence-corrected chi connectivity index (χ4v) is 1.88. The Morgan fingerprint density at radius 3 is 2.40 bits per heavy atom. The van der Waals surface area contributed by atoms with Crippen molar-refractivity contribution in [3.05, 3.63) is 35.5 Å². The summed E-state index contributed by atoms with van der Waals surface area (Å²) >= 11 is 0. The van der Waals surface area contributed by atoms with E-state index in [0.29, 0.717) is 10.6 Å². The zero-order valence-corrected chi connectivity index (χ0v) is 8.70. The topological polar surface area (TPSA) is 38.6 Å². The second kappa shape index (κ2) is 3.44. The number of hydrogen-bond donors (Lipinski definition) is 1. The van der Waals surface area contributed by atoms with E-state index in [1.165, 1.54) is 13.8 Å². The molecule has 1 atom stereocenters. The van der Waals surface area contributed by atoms with Crippen molar-refractivity contribution in [2.45, 2.75) is 13.8 Å². The van der Waals surface area contributed by atoms with Gasteiger partial charge in [-0.2, -0.15) is 0 Å². The average Bonchev–Trinajstić information content (AvgIpc) is 2.56. The number of nitrogens with one attached hydrogen (secondary N) is 1. The molecule has 0 bridgehead atoms. The van der Waals surface area contributed by atoms with Crippen LogP contribution < -0.4 is 4.90 Å². The van der Waals surface area contributed by atoms with Crippen LogP contribution in [0.3, 0.4) is 0 Å². The van der Waals surface area contributed by atoms with E-state index >= 15 is 0 Å². The molecule has 1 heterocycles. The van der Waals surface area contributed by atoms with Gasteiger partial charge in [-0.3, -0.25) is 4.79 Å². The molecule has 0 aromatic heterocycles. The van der Waals surface area contributed by atoms with Gasteiger partial charge >= 0.3 is 5.91 Å². The lowest BCUT2D eigenvalue weighted by Crippen LogP contribution is -3.07. The molecule has 0 saturated heterocycles. The first kappa shape index (κ1) is 9.80. The number of Topliss-reactive ketones (excluding diaryl/α,β-unsaturated/α-hetero) is 1. The minimum atomic E-state index is -0.0589. The minimum Gasteiger partial charge on any atom is -0.288 e. The average molecular weight is 202 g/mol. The number of carbonyl (C=O) groups is 2. The smallest absolute Gasteiger partial charge is 0.288 e. The van der Waals surface area contributed by atoms with E-state index in [1.807, 2.05) is 24.3 Å². The maximum Gasteiger partial charge on any atom is 0.319 e. The fraction of sp³-hybridized carbons (Fsp3) is 0.167. The monoisotopic (exact) mass is 202 g/mol. The molecule has 0 fully saturated rings. The van der Waals surface area contributed by atoms with Crippen LogP contribution in [-0.2, 0) is 9.59 Å². The minimum absolute atomic E-state index is 0.0543. The van der Waals surface area contributed by atoms with Gasteiger partial charge in [-0.05, 0) is 6.07 Å². The molecule has 0 radical (unpaired) electrons. The molecule has 0 aliphatic carbocycles. The molecule has 1 aromatic carbocycles. The predicted octanol–water partition coefficient (Wildman–Crippen LogP) is 0.693. The van der Waals surface area contributed by atoms with Crippen LogP contribution in [0.15, 0.2) is 30.0 Å². The molecule has 0 spiro atoms. The number of ketones is 1. The first-order valence-corrected chi connectivity index (χ1v) is 4.81. The zero-order chi connectivity index (χ0) is 11.0. The van der Waals surface area contributed by atoms with Crippen LogP contribution in [0, 0.1) is 0 Å². The molecule has 1 aromatic rings. The summed E-state index contributed by atoms with van der Waals surface area (Å²) in [6, 6.07) is 7.56. The van der Waals surface area contributed by atoms with Crippen LogP contribution in [0.4, 0.5) is 5.69 Å². The van der Waals surface area contributed by atoms with Crippen molar-refractivity contribution in [3.63, 3.8) is 0 Å². The summed E-state index contributed by atoms with van der Waals surface area (Å²) < 4.78 is 0. The van der Waals surface area contributed by atoms with Crippen LogP contribution in [0.2, 0.25) is 0 Å². The molecular weight excluding hydrogens is 190 g/mol. The molecule has 15 heavy (non-hydrogen) atoms. The summed E-state index contributed by atoms with van der Waals surface area (Å²) in [6.07, 6.45) is 1.79. The predicted molar refractivity (Wildman–Crippen MR) is 56.4 cm³/mol. The number of para-hydroxylation sites is 1. The summed E-state index contributed by atoms with van der Waals surface area (Å²) in [4.78, 5) is 23.4. The number of hydrogen-bond acceptors (Lipinski definition) is 2. The van der Waals surface area contributed by atoms with Gasteiger partial charge in [0.15, 0.2) is 11.4 Å². The molecule has 76 valence electrons. The van der Waals surface area contributed by atoms with Gasteiger partial charge in [0.2, 0.25) is 5.78 Å². The molecule has 3 nitrogen and oxygen atoms in total. The summed E-state index contributed by atoms with van der Waals surface area (Å²) in [5, 5.41) is 0. The van der Waals surface area contributed by atoms with Gasteiger partial charge in [-0.1, -0.05) is 12.1 Å². The van der Waals surface area contributed by atoms with E-state index in [9.17, 15) is 9.59 Å². The van der Waals surface area contributed by atoms with Gasteiger partial charge in [0.1, 0.15) is 0 Å². The molecule has 2 rings (SSSR count). The third kappa shape index (κ3) is 1.51. The van der Waals surface area contributed by atoms with Crippen molar-refractivity contribution < 1.29 is 14.5 Å². The SMILES string of the molecule is CC(=O)C1=Cc2ccccc2[NH+]1C(C)=O. The Hall–Kier alpha value is -1.74. The maximum absolute atomic E-state index is 11.5. The molecule has 1 N–H and O–H groups in total. The third-order valence-corrected chi connectivity index (χ3v) is 2.53. The number of rotatable bonds is 1. The van der Waals surface area contributed by atoms with E-state index in [2.05, 4.69) is 0 Å². The highest BCUT2D eigenvalue weighted by Crippen LogP contribution is 2.20. The molecule has 1 amide bonds. The van der Waals surface area contributed by atoms with E-state index in [-0.39, 0.29) is 11.7 Å². The number of benzene rings is 1. The summed E-state index contributed by atoms with van der Waals surface area (Å²) in [7, 11) is 0. The molecule has 1 aliphatic rings. The van der Waals surface area contributed by atoms with Crippen LogP contribution >= 0.6 is 0 Å². The summed E-state index contributed by atoms with van der Waals surface area (Å²) in [5.74, 6) is -0.113. The van der Waals surface area contributed by atoms with E-state index in [1.54, 1.807) is 6.08 Å². The zero-order valence-electron chi connectivity index (χ0n) is 8.70. The van der Waals surface area contributed by atoms with Gasteiger partial charge in [0.25, 0.3) is 0 Å². The van der Waals surface area contributed by atoms with Crippen molar-refractivity contribution in [3.8, 4) is 0 Å².